The van der Waals surface area contributed by atoms with Gasteiger partial charge in [-0.15, -0.1) is 0 Å². The first-order valence-corrected chi connectivity index (χ1v) is 4.95. The Labute approximate surface area is 98.6 Å². The van der Waals surface area contributed by atoms with Crippen LogP contribution in [0.25, 0.3) is 6.08 Å². The fraction of sp³-hybridized carbons (Fsp3) is 0.0833. The summed E-state index contributed by atoms with van der Waals surface area (Å²) in [5, 5.41) is 8.90. The Bertz CT molecular complexity index is 424. The molecule has 0 aliphatic carbocycles. The predicted molar refractivity (Wildman–Crippen MR) is 63.8 cm³/mol. The maximum Gasteiger partial charge on any atom is 0.328 e. The van der Waals surface area contributed by atoms with Gasteiger partial charge >= 0.3 is 5.97 Å². The lowest BCUT2D eigenvalue weighted by molar-refractivity contribution is -0.131. The second-order valence-corrected chi connectivity index (χ2v) is 3.37. The topological polar surface area (TPSA) is 46.5 Å². The molecular weight excluding hydrogens is 228 g/mol. The molecule has 0 heterocycles. The maximum absolute atomic E-state index is 10.3. The molecule has 1 aromatic carbocycles. The van der Waals surface area contributed by atoms with Gasteiger partial charge in [0.1, 0.15) is 12.4 Å². The summed E-state index contributed by atoms with van der Waals surface area (Å²) in [6, 6.07) is 5.05. The highest BCUT2D eigenvalue weighted by molar-refractivity contribution is 6.32. The van der Waals surface area contributed by atoms with E-state index in [1.54, 1.807) is 24.3 Å². The van der Waals surface area contributed by atoms with E-state index in [9.17, 15) is 4.79 Å². The van der Waals surface area contributed by atoms with Crippen molar-refractivity contribution >= 4 is 23.6 Å². The molecule has 1 rings (SSSR count). The second-order valence-electron chi connectivity index (χ2n) is 2.96. The smallest absolute Gasteiger partial charge is 0.328 e. The molecule has 84 valence electrons. The fourth-order valence-electron chi connectivity index (χ4n) is 1.05. The van der Waals surface area contributed by atoms with Gasteiger partial charge in [-0.25, -0.2) is 4.79 Å². The molecule has 0 atom stereocenters. The van der Waals surface area contributed by atoms with Crippen LogP contribution >= 0.6 is 11.6 Å². The van der Waals surface area contributed by atoms with Crippen LogP contribution in [0.15, 0.2) is 36.9 Å². The molecule has 16 heavy (non-hydrogen) atoms. The van der Waals surface area contributed by atoms with E-state index in [1.807, 2.05) is 0 Å². The number of carboxylic acid groups (broad SMARTS) is 1. The molecule has 0 aliphatic heterocycles. The van der Waals surface area contributed by atoms with Gasteiger partial charge in [-0.05, 0) is 23.8 Å². The van der Waals surface area contributed by atoms with Gasteiger partial charge in [-0.1, -0.05) is 30.3 Å². The van der Waals surface area contributed by atoms with E-state index in [4.69, 9.17) is 21.4 Å². The van der Waals surface area contributed by atoms with Crippen LogP contribution in [0.3, 0.4) is 0 Å². The zero-order chi connectivity index (χ0) is 12.0. The lowest BCUT2D eigenvalue weighted by Crippen LogP contribution is -1.93. The molecule has 0 aromatic heterocycles. The Hall–Kier alpha value is -1.74. The Kier molecular flexibility index (Phi) is 4.61. The molecule has 1 aromatic rings. The summed E-state index contributed by atoms with van der Waals surface area (Å²) >= 11 is 5.94. The average molecular weight is 239 g/mol. The molecule has 0 saturated heterocycles. The van der Waals surface area contributed by atoms with E-state index >= 15 is 0 Å². The van der Waals surface area contributed by atoms with Crippen LogP contribution in [0, 0.1) is 0 Å². The second kappa shape index (κ2) is 5.98. The van der Waals surface area contributed by atoms with Crippen molar-refractivity contribution in [3.05, 3.63) is 47.5 Å². The van der Waals surface area contributed by atoms with Crippen LogP contribution < -0.4 is 4.74 Å². The van der Waals surface area contributed by atoms with Crippen LogP contribution in [0.5, 0.6) is 5.75 Å². The molecule has 0 unspecified atom stereocenters. The Balaban J connectivity index is 2.82. The van der Waals surface area contributed by atoms with E-state index in [2.05, 4.69) is 6.58 Å². The number of halogens is 1. The third-order valence-electron chi connectivity index (χ3n) is 1.73. The lowest BCUT2D eigenvalue weighted by atomic mass is 10.2. The van der Waals surface area contributed by atoms with Crippen molar-refractivity contribution in [1.29, 1.82) is 0 Å². The normalized spacial score (nSPS) is 10.3. The molecule has 0 aliphatic rings. The van der Waals surface area contributed by atoms with Crippen LogP contribution in [0.2, 0.25) is 5.02 Å². The third kappa shape index (κ3) is 3.79. The van der Waals surface area contributed by atoms with Crippen molar-refractivity contribution in [3.63, 3.8) is 0 Å². The summed E-state index contributed by atoms with van der Waals surface area (Å²) in [6.07, 6.45) is 4.13. The molecule has 0 spiro atoms. The zero-order valence-electron chi connectivity index (χ0n) is 8.52. The van der Waals surface area contributed by atoms with Crippen molar-refractivity contribution in [2.45, 2.75) is 0 Å². The van der Waals surface area contributed by atoms with Gasteiger partial charge in [-0.3, -0.25) is 0 Å². The molecule has 0 fully saturated rings. The first-order valence-electron chi connectivity index (χ1n) is 4.57. The summed E-state index contributed by atoms with van der Waals surface area (Å²) in [5.41, 5.74) is 0.707. The van der Waals surface area contributed by atoms with Crippen LogP contribution in [0.1, 0.15) is 5.56 Å². The summed E-state index contributed by atoms with van der Waals surface area (Å²) in [4.78, 5) is 10.3. The van der Waals surface area contributed by atoms with Crippen molar-refractivity contribution in [3.8, 4) is 5.75 Å². The molecule has 0 saturated carbocycles. The quantitative estimate of drug-likeness (QED) is 0.634. The summed E-state index contributed by atoms with van der Waals surface area (Å²) < 4.78 is 5.28. The van der Waals surface area contributed by atoms with Gasteiger partial charge in [-0.2, -0.15) is 0 Å². The van der Waals surface area contributed by atoms with Crippen LogP contribution in [-0.2, 0) is 4.79 Å². The number of hydrogen-bond acceptors (Lipinski definition) is 2. The number of benzene rings is 1. The summed E-state index contributed by atoms with van der Waals surface area (Å²) in [5.74, 6) is -0.447. The molecular formula is C12H11ClO3. The number of rotatable bonds is 5. The Morgan fingerprint density at radius 2 is 2.31 bits per heavy atom. The Morgan fingerprint density at radius 1 is 1.56 bits per heavy atom. The number of ether oxygens (including phenoxy) is 1. The van der Waals surface area contributed by atoms with Gasteiger partial charge in [0, 0.05) is 6.08 Å². The fourth-order valence-corrected chi connectivity index (χ4v) is 1.30. The zero-order valence-corrected chi connectivity index (χ0v) is 9.28. The summed E-state index contributed by atoms with van der Waals surface area (Å²) in [6.45, 7) is 3.91. The van der Waals surface area contributed by atoms with Crippen molar-refractivity contribution in [2.24, 2.45) is 0 Å². The van der Waals surface area contributed by atoms with Gasteiger partial charge in [0.25, 0.3) is 0 Å². The van der Waals surface area contributed by atoms with Crippen molar-refractivity contribution in [2.75, 3.05) is 6.61 Å². The SMILES string of the molecule is C=CCOc1ccc(/C=C\C(=O)O)cc1Cl. The lowest BCUT2D eigenvalue weighted by Gasteiger charge is -2.05. The Morgan fingerprint density at radius 3 is 2.88 bits per heavy atom. The molecule has 3 nitrogen and oxygen atoms in total. The van der Waals surface area contributed by atoms with E-state index < -0.39 is 5.97 Å². The van der Waals surface area contributed by atoms with E-state index in [0.29, 0.717) is 22.9 Å². The number of aliphatic carboxylic acids is 1. The van der Waals surface area contributed by atoms with E-state index in [0.717, 1.165) is 6.08 Å². The van der Waals surface area contributed by atoms with Crippen LogP contribution in [-0.4, -0.2) is 17.7 Å². The van der Waals surface area contributed by atoms with Crippen LogP contribution in [0.4, 0.5) is 0 Å². The molecule has 0 amide bonds. The van der Waals surface area contributed by atoms with E-state index in [1.165, 1.54) is 6.08 Å². The standard InChI is InChI=1S/C12H11ClO3/c1-2-7-16-11-5-3-9(8-10(11)13)4-6-12(14)15/h2-6,8H,1,7H2,(H,14,15)/b6-4-. The molecule has 1 N–H and O–H groups in total. The highest BCUT2D eigenvalue weighted by Crippen LogP contribution is 2.25. The predicted octanol–water partition coefficient (Wildman–Crippen LogP) is 3.00. The average Bonchev–Trinajstić information content (AvgIpc) is 2.25. The highest BCUT2D eigenvalue weighted by atomic mass is 35.5. The maximum atomic E-state index is 10.3. The molecule has 0 radical (unpaired) electrons. The first kappa shape index (κ1) is 12.3. The molecule has 0 bridgehead atoms. The molecule has 4 heteroatoms. The van der Waals surface area contributed by atoms with E-state index in [-0.39, 0.29) is 0 Å². The highest BCUT2D eigenvalue weighted by Gasteiger charge is 2.01. The monoisotopic (exact) mass is 238 g/mol. The number of carbonyl (C=O) groups is 1. The number of carboxylic acids is 1. The third-order valence-corrected chi connectivity index (χ3v) is 2.03. The minimum Gasteiger partial charge on any atom is -0.488 e. The van der Waals surface area contributed by atoms with Crippen molar-refractivity contribution in [1.82, 2.24) is 0 Å². The summed E-state index contributed by atoms with van der Waals surface area (Å²) in [7, 11) is 0. The number of hydrogen-bond donors (Lipinski definition) is 1. The van der Waals surface area contributed by atoms with Gasteiger partial charge < -0.3 is 9.84 Å². The van der Waals surface area contributed by atoms with Gasteiger partial charge in [0.15, 0.2) is 0 Å². The first-order chi connectivity index (χ1) is 7.63. The van der Waals surface area contributed by atoms with Gasteiger partial charge in [0.05, 0.1) is 5.02 Å². The minimum absolute atomic E-state index is 0.379. The largest absolute Gasteiger partial charge is 0.488 e. The van der Waals surface area contributed by atoms with Gasteiger partial charge in [0.2, 0.25) is 0 Å². The minimum atomic E-state index is -0.997. The van der Waals surface area contributed by atoms with Crippen molar-refractivity contribution < 1.29 is 14.6 Å².